The lowest BCUT2D eigenvalue weighted by Crippen LogP contribution is -2.28. The summed E-state index contributed by atoms with van der Waals surface area (Å²) < 4.78 is 2.11. The molecule has 236 valence electrons. The number of para-hydroxylation sites is 1. The van der Waals surface area contributed by atoms with Gasteiger partial charge in [-0.15, -0.1) is 0 Å². The molecule has 0 aliphatic carbocycles. The molecule has 1 unspecified atom stereocenters. The Bertz CT molecular complexity index is 2660. The number of carbonyl (C=O) groups is 1. The van der Waals surface area contributed by atoms with Crippen molar-refractivity contribution in [2.45, 2.75) is 6.23 Å². The fraction of sp³-hybridized carbons (Fsp3) is 0.0227. The van der Waals surface area contributed by atoms with Crippen LogP contribution in [0.3, 0.4) is 0 Å². The molecule has 0 fully saturated rings. The molecule has 0 radical (unpaired) electrons. The van der Waals surface area contributed by atoms with Gasteiger partial charge < -0.3 is 9.67 Å². The van der Waals surface area contributed by atoms with Gasteiger partial charge in [0.25, 0.3) is 5.91 Å². The van der Waals surface area contributed by atoms with Crippen LogP contribution in [-0.2, 0) is 0 Å². The van der Waals surface area contributed by atoms with Crippen LogP contribution in [0.4, 0.5) is 5.69 Å². The molecular weight excluding hydrogens is 617 g/mol. The maximum Gasteiger partial charge on any atom is 0.263 e. The van der Waals surface area contributed by atoms with Gasteiger partial charge in [-0.3, -0.25) is 9.69 Å². The van der Waals surface area contributed by atoms with Crippen molar-refractivity contribution < 1.29 is 9.90 Å². The smallest absolute Gasteiger partial charge is 0.263 e. The molecule has 1 aliphatic heterocycles. The monoisotopic (exact) mass is 644 g/mol. The molecule has 0 bridgehead atoms. The number of aliphatic hydroxyl groups is 1. The first kappa shape index (κ1) is 29.3. The van der Waals surface area contributed by atoms with Crippen molar-refractivity contribution in [2.75, 3.05) is 4.90 Å². The predicted molar refractivity (Wildman–Crippen MR) is 198 cm³/mol. The number of hydrogen-bond acceptors (Lipinski definition) is 4. The fourth-order valence-corrected chi connectivity index (χ4v) is 7.26. The summed E-state index contributed by atoms with van der Waals surface area (Å²) in [6.45, 7) is 0. The van der Waals surface area contributed by atoms with Crippen molar-refractivity contribution in [3.8, 4) is 45.3 Å². The van der Waals surface area contributed by atoms with Gasteiger partial charge in [0.1, 0.15) is 11.8 Å². The highest BCUT2D eigenvalue weighted by Gasteiger charge is 2.40. The molecule has 1 amide bonds. The summed E-state index contributed by atoms with van der Waals surface area (Å²) in [5.41, 5.74) is 9.92. The molecule has 3 heterocycles. The van der Waals surface area contributed by atoms with Crippen LogP contribution < -0.4 is 4.90 Å². The minimum atomic E-state index is -1.19. The lowest BCUT2D eigenvalue weighted by molar-refractivity contribution is 0.0935. The summed E-state index contributed by atoms with van der Waals surface area (Å²) in [5, 5.41) is 23.5. The predicted octanol–water partition coefficient (Wildman–Crippen LogP) is 9.70. The van der Waals surface area contributed by atoms with E-state index in [0.717, 1.165) is 49.6 Å². The third kappa shape index (κ3) is 4.61. The van der Waals surface area contributed by atoms with Gasteiger partial charge in [-0.1, -0.05) is 115 Å². The molecule has 2 aromatic heterocycles. The number of nitriles is 1. The molecule has 1 atom stereocenters. The van der Waals surface area contributed by atoms with Crippen molar-refractivity contribution in [3.63, 3.8) is 0 Å². The standard InChI is InChI=1S/C44H28N4O2/c45-27-32-15-9-18-37(46-32)31-22-24-39-36(25-31)34-16-7-8-19-38(34)47(39)40-20-10-17-35-42(40)44(50)48(43(35)49)41-26-30(28-11-3-1-4-12-28)21-23-33(41)29-13-5-2-6-14-29/h1-26,43,49H. The van der Waals surface area contributed by atoms with Crippen molar-refractivity contribution in [3.05, 3.63) is 175 Å². The summed E-state index contributed by atoms with van der Waals surface area (Å²) in [6, 6.07) is 53.6. The number of rotatable bonds is 5. The number of benzene rings is 6. The lowest BCUT2D eigenvalue weighted by Gasteiger charge is -2.25. The SMILES string of the molecule is N#Cc1cccc(-c2ccc3c(c2)c2ccccc2n3-c2cccc3c2C(=O)N(c2cc(-c4ccccc4)ccc2-c2ccccc2)C3O)n1. The van der Waals surface area contributed by atoms with E-state index in [0.29, 0.717) is 33.9 Å². The van der Waals surface area contributed by atoms with Crippen LogP contribution in [0.25, 0.3) is 61.0 Å². The van der Waals surface area contributed by atoms with Gasteiger partial charge in [-0.25, -0.2) is 4.98 Å². The zero-order valence-electron chi connectivity index (χ0n) is 26.7. The molecule has 6 heteroatoms. The number of amides is 1. The van der Waals surface area contributed by atoms with Crippen molar-refractivity contribution >= 4 is 33.4 Å². The van der Waals surface area contributed by atoms with Gasteiger partial charge >= 0.3 is 0 Å². The zero-order valence-corrected chi connectivity index (χ0v) is 26.7. The van der Waals surface area contributed by atoms with E-state index in [-0.39, 0.29) is 5.91 Å². The minimum absolute atomic E-state index is 0.273. The molecule has 0 saturated heterocycles. The number of fused-ring (bicyclic) bond motifs is 4. The molecule has 50 heavy (non-hydrogen) atoms. The van der Waals surface area contributed by atoms with Gasteiger partial charge in [0, 0.05) is 27.5 Å². The Morgan fingerprint density at radius 1 is 0.600 bits per heavy atom. The normalized spacial score (nSPS) is 13.9. The number of carbonyl (C=O) groups excluding carboxylic acids is 1. The second-order valence-corrected chi connectivity index (χ2v) is 12.4. The van der Waals surface area contributed by atoms with Gasteiger partial charge in [0.05, 0.1) is 33.7 Å². The van der Waals surface area contributed by atoms with Gasteiger partial charge in [0.2, 0.25) is 0 Å². The summed E-state index contributed by atoms with van der Waals surface area (Å²) in [4.78, 5) is 20.9. The maximum atomic E-state index is 14.8. The maximum absolute atomic E-state index is 14.8. The fourth-order valence-electron chi connectivity index (χ4n) is 7.26. The zero-order chi connectivity index (χ0) is 33.8. The highest BCUT2D eigenvalue weighted by atomic mass is 16.3. The Kier molecular flexibility index (Phi) is 6.87. The Balaban J connectivity index is 1.23. The molecule has 0 saturated carbocycles. The van der Waals surface area contributed by atoms with Crippen molar-refractivity contribution in [1.82, 2.24) is 9.55 Å². The first-order valence-electron chi connectivity index (χ1n) is 16.4. The largest absolute Gasteiger partial charge is 0.369 e. The molecule has 8 aromatic rings. The second kappa shape index (κ2) is 11.7. The Labute approximate surface area is 288 Å². The van der Waals surface area contributed by atoms with Gasteiger partial charge in [-0.2, -0.15) is 5.26 Å². The number of aliphatic hydroxyl groups excluding tert-OH is 1. The summed E-state index contributed by atoms with van der Waals surface area (Å²) >= 11 is 0. The Morgan fingerprint density at radius 3 is 2.10 bits per heavy atom. The van der Waals surface area contributed by atoms with Crippen LogP contribution in [0.15, 0.2) is 158 Å². The highest BCUT2D eigenvalue weighted by Crippen LogP contribution is 2.45. The Hall–Kier alpha value is -6.81. The van der Waals surface area contributed by atoms with Crippen LogP contribution in [0.1, 0.15) is 27.8 Å². The van der Waals surface area contributed by atoms with Crippen molar-refractivity contribution in [2.24, 2.45) is 0 Å². The van der Waals surface area contributed by atoms with E-state index in [1.165, 1.54) is 4.90 Å². The molecule has 1 N–H and O–H groups in total. The average Bonchev–Trinajstić information content (AvgIpc) is 3.65. The van der Waals surface area contributed by atoms with Crippen LogP contribution in [-0.4, -0.2) is 20.6 Å². The van der Waals surface area contributed by atoms with E-state index in [1.54, 1.807) is 6.07 Å². The molecule has 9 rings (SSSR count). The third-order valence-corrected chi connectivity index (χ3v) is 9.55. The number of aromatic nitrogens is 2. The number of hydrogen-bond donors (Lipinski definition) is 1. The van der Waals surface area contributed by atoms with Crippen LogP contribution >= 0.6 is 0 Å². The summed E-state index contributed by atoms with van der Waals surface area (Å²) in [6.07, 6.45) is -1.19. The number of nitrogens with zero attached hydrogens (tertiary/aromatic N) is 4. The van der Waals surface area contributed by atoms with Crippen molar-refractivity contribution in [1.29, 1.82) is 5.26 Å². The van der Waals surface area contributed by atoms with Crippen LogP contribution in [0.5, 0.6) is 0 Å². The highest BCUT2D eigenvalue weighted by molar-refractivity contribution is 6.17. The lowest BCUT2D eigenvalue weighted by atomic mass is 9.97. The van der Waals surface area contributed by atoms with E-state index in [9.17, 15) is 15.2 Å². The quantitative estimate of drug-likeness (QED) is 0.202. The minimum Gasteiger partial charge on any atom is -0.369 e. The molecule has 0 spiro atoms. The van der Waals surface area contributed by atoms with E-state index in [1.807, 2.05) is 133 Å². The summed E-state index contributed by atoms with van der Waals surface area (Å²) in [5.74, 6) is -0.273. The van der Waals surface area contributed by atoms with Gasteiger partial charge in [-0.05, 0) is 59.2 Å². The van der Waals surface area contributed by atoms with E-state index in [2.05, 4.69) is 33.8 Å². The molecular formula is C44H28N4O2. The molecule has 6 nitrogen and oxygen atoms in total. The van der Waals surface area contributed by atoms with E-state index >= 15 is 0 Å². The van der Waals surface area contributed by atoms with Gasteiger partial charge in [0.15, 0.2) is 6.23 Å². The van der Waals surface area contributed by atoms with E-state index < -0.39 is 6.23 Å². The third-order valence-electron chi connectivity index (χ3n) is 9.55. The Morgan fingerprint density at radius 2 is 1.30 bits per heavy atom. The number of anilines is 1. The first-order chi connectivity index (χ1) is 24.6. The molecule has 1 aliphatic rings. The topological polar surface area (TPSA) is 82.2 Å². The summed E-state index contributed by atoms with van der Waals surface area (Å²) in [7, 11) is 0. The van der Waals surface area contributed by atoms with Crippen LogP contribution in [0.2, 0.25) is 0 Å². The first-order valence-corrected chi connectivity index (χ1v) is 16.4. The number of pyridine rings is 1. The second-order valence-electron chi connectivity index (χ2n) is 12.4. The molecule has 6 aromatic carbocycles. The van der Waals surface area contributed by atoms with E-state index in [4.69, 9.17) is 0 Å². The average molecular weight is 645 g/mol. The van der Waals surface area contributed by atoms with Crippen LogP contribution in [0, 0.1) is 11.3 Å².